The Morgan fingerprint density at radius 2 is 2.10 bits per heavy atom. The number of aliphatic hydroxyl groups is 1. The lowest BCUT2D eigenvalue weighted by Gasteiger charge is -2.48. The van der Waals surface area contributed by atoms with Gasteiger partial charge in [-0.1, -0.05) is 18.2 Å². The van der Waals surface area contributed by atoms with Gasteiger partial charge in [-0.2, -0.15) is 0 Å². The summed E-state index contributed by atoms with van der Waals surface area (Å²) in [6.07, 6.45) is 5.27. The summed E-state index contributed by atoms with van der Waals surface area (Å²) >= 11 is 0. The van der Waals surface area contributed by atoms with Gasteiger partial charge >= 0.3 is 0 Å². The fourth-order valence-corrected chi connectivity index (χ4v) is 3.73. The lowest BCUT2D eigenvalue weighted by Crippen LogP contribution is -2.51. The smallest absolute Gasteiger partial charge is 0.124 e. The highest BCUT2D eigenvalue weighted by atomic mass is 16.5. The van der Waals surface area contributed by atoms with E-state index in [0.29, 0.717) is 19.8 Å². The van der Waals surface area contributed by atoms with Crippen LogP contribution in [0.25, 0.3) is 0 Å². The molecule has 114 valence electrons. The van der Waals surface area contributed by atoms with E-state index in [2.05, 4.69) is 23.5 Å². The van der Waals surface area contributed by atoms with Crippen LogP contribution in [0.1, 0.15) is 43.7 Å². The molecule has 0 amide bonds. The number of ether oxygens (including phenoxy) is 2. The zero-order valence-corrected chi connectivity index (χ0v) is 12.3. The van der Waals surface area contributed by atoms with Gasteiger partial charge in [0.25, 0.3) is 0 Å². The van der Waals surface area contributed by atoms with Gasteiger partial charge in [0, 0.05) is 37.6 Å². The van der Waals surface area contributed by atoms with Crippen molar-refractivity contribution in [2.75, 3.05) is 19.8 Å². The van der Waals surface area contributed by atoms with E-state index in [-0.39, 0.29) is 11.6 Å². The molecule has 4 rings (SSSR count). The maximum Gasteiger partial charge on any atom is 0.124 e. The molecule has 21 heavy (non-hydrogen) atoms. The largest absolute Gasteiger partial charge is 0.487 e. The van der Waals surface area contributed by atoms with Crippen LogP contribution in [-0.4, -0.2) is 36.1 Å². The molecule has 0 bridgehead atoms. The molecular weight excluding hydrogens is 266 g/mol. The van der Waals surface area contributed by atoms with Crippen molar-refractivity contribution in [2.45, 2.75) is 49.3 Å². The first kappa shape index (κ1) is 13.6. The van der Waals surface area contributed by atoms with Crippen molar-refractivity contribution in [1.29, 1.82) is 0 Å². The molecule has 4 heteroatoms. The van der Waals surface area contributed by atoms with E-state index in [1.165, 1.54) is 12.0 Å². The van der Waals surface area contributed by atoms with E-state index < -0.39 is 5.60 Å². The van der Waals surface area contributed by atoms with Gasteiger partial charge < -0.3 is 19.9 Å². The van der Waals surface area contributed by atoms with Gasteiger partial charge in [0.1, 0.15) is 17.0 Å². The fourth-order valence-electron chi connectivity index (χ4n) is 3.73. The third-order valence-corrected chi connectivity index (χ3v) is 5.22. The van der Waals surface area contributed by atoms with Crippen LogP contribution in [-0.2, 0) is 4.74 Å². The van der Waals surface area contributed by atoms with Gasteiger partial charge in [-0.25, -0.2) is 0 Å². The maximum absolute atomic E-state index is 10.5. The van der Waals surface area contributed by atoms with E-state index in [1.807, 2.05) is 6.07 Å². The maximum atomic E-state index is 10.5. The first-order valence-corrected chi connectivity index (χ1v) is 8.00. The van der Waals surface area contributed by atoms with Crippen molar-refractivity contribution in [1.82, 2.24) is 5.32 Å². The lowest BCUT2D eigenvalue weighted by atomic mass is 9.73. The predicted octanol–water partition coefficient (Wildman–Crippen LogP) is 2.17. The first-order chi connectivity index (χ1) is 10.2. The lowest BCUT2D eigenvalue weighted by molar-refractivity contribution is -0.0411. The minimum atomic E-state index is -0.708. The molecule has 2 aliphatic heterocycles. The monoisotopic (exact) mass is 289 g/mol. The average Bonchev–Trinajstić information content (AvgIpc) is 2.90. The molecule has 1 saturated heterocycles. The van der Waals surface area contributed by atoms with Crippen LogP contribution >= 0.6 is 0 Å². The van der Waals surface area contributed by atoms with Gasteiger partial charge in [-0.3, -0.25) is 0 Å². The molecular formula is C17H23NO3. The summed E-state index contributed by atoms with van der Waals surface area (Å²) in [4.78, 5) is 0. The standard InChI is InChI=1S/C17H23NO3/c19-16(8-9-20-12-16)11-18-14-10-17(6-3-7-17)21-15-5-2-1-4-13(14)15/h1-2,4-5,14,18-19H,3,6-12H2/t14-,16-/m0/s1. The number of hydrogen-bond donors (Lipinski definition) is 2. The van der Waals surface area contributed by atoms with Crippen molar-refractivity contribution >= 4 is 0 Å². The summed E-state index contributed by atoms with van der Waals surface area (Å²) in [6.45, 7) is 1.69. The quantitative estimate of drug-likeness (QED) is 0.895. The topological polar surface area (TPSA) is 50.7 Å². The number of benzene rings is 1. The molecule has 2 fully saturated rings. The molecule has 1 saturated carbocycles. The third kappa shape index (κ3) is 2.45. The SMILES string of the molecule is O[C@]1(CN[C@H]2CC3(CCC3)Oc3ccccc32)CCOC1. The van der Waals surface area contributed by atoms with Crippen LogP contribution in [0.5, 0.6) is 5.75 Å². The molecule has 4 nitrogen and oxygen atoms in total. The van der Waals surface area contributed by atoms with Gasteiger partial charge in [0.15, 0.2) is 0 Å². The molecule has 0 unspecified atom stereocenters. The van der Waals surface area contributed by atoms with E-state index >= 15 is 0 Å². The summed E-state index contributed by atoms with van der Waals surface area (Å²) in [5.74, 6) is 1.01. The van der Waals surface area contributed by atoms with E-state index in [1.54, 1.807) is 0 Å². The van der Waals surface area contributed by atoms with Crippen molar-refractivity contribution in [3.63, 3.8) is 0 Å². The molecule has 2 N–H and O–H groups in total. The van der Waals surface area contributed by atoms with E-state index in [4.69, 9.17) is 9.47 Å². The van der Waals surface area contributed by atoms with Gasteiger partial charge in [-0.05, 0) is 25.3 Å². The molecule has 0 aromatic heterocycles. The van der Waals surface area contributed by atoms with Crippen LogP contribution < -0.4 is 10.1 Å². The number of rotatable bonds is 3. The Morgan fingerprint density at radius 3 is 2.81 bits per heavy atom. The Balaban J connectivity index is 1.53. The molecule has 1 aromatic carbocycles. The zero-order valence-electron chi connectivity index (χ0n) is 12.3. The third-order valence-electron chi connectivity index (χ3n) is 5.22. The van der Waals surface area contributed by atoms with Crippen LogP contribution in [0.4, 0.5) is 0 Å². The molecule has 1 spiro atoms. The summed E-state index contributed by atoms with van der Waals surface area (Å²) in [7, 11) is 0. The molecule has 1 aromatic rings. The number of hydrogen-bond acceptors (Lipinski definition) is 4. The average molecular weight is 289 g/mol. The molecule has 0 radical (unpaired) electrons. The Bertz CT molecular complexity index is 521. The normalized spacial score (nSPS) is 33.3. The molecule has 3 aliphatic rings. The Hall–Kier alpha value is -1.10. The van der Waals surface area contributed by atoms with Gasteiger partial charge in [0.2, 0.25) is 0 Å². The molecule has 1 aliphatic carbocycles. The highest BCUT2D eigenvalue weighted by Gasteiger charge is 2.46. The van der Waals surface area contributed by atoms with Crippen molar-refractivity contribution in [3.8, 4) is 5.75 Å². The van der Waals surface area contributed by atoms with Gasteiger partial charge in [0.05, 0.1) is 6.61 Å². The minimum absolute atomic E-state index is 0.0286. The van der Waals surface area contributed by atoms with Crippen LogP contribution in [0, 0.1) is 0 Å². The second kappa shape index (κ2) is 4.97. The summed E-state index contributed by atoms with van der Waals surface area (Å²) in [5, 5.41) is 14.0. The van der Waals surface area contributed by atoms with Crippen LogP contribution in [0.3, 0.4) is 0 Å². The Labute approximate surface area is 125 Å². The zero-order chi connectivity index (χ0) is 14.3. The number of fused-ring (bicyclic) bond motifs is 1. The highest BCUT2D eigenvalue weighted by molar-refractivity contribution is 5.39. The van der Waals surface area contributed by atoms with E-state index in [9.17, 15) is 5.11 Å². The second-order valence-corrected chi connectivity index (χ2v) is 6.84. The number of para-hydroxylation sites is 1. The van der Waals surface area contributed by atoms with Gasteiger partial charge in [-0.15, -0.1) is 0 Å². The summed E-state index contributed by atoms with van der Waals surface area (Å²) < 4.78 is 11.6. The first-order valence-electron chi connectivity index (χ1n) is 8.00. The fraction of sp³-hybridized carbons (Fsp3) is 0.647. The highest BCUT2D eigenvalue weighted by Crippen LogP contribution is 2.48. The molecule has 2 atom stereocenters. The molecule has 2 heterocycles. The summed E-state index contributed by atoms with van der Waals surface area (Å²) in [6, 6.07) is 8.55. The summed E-state index contributed by atoms with van der Waals surface area (Å²) in [5.41, 5.74) is 0.540. The van der Waals surface area contributed by atoms with Crippen LogP contribution in [0.15, 0.2) is 24.3 Å². The van der Waals surface area contributed by atoms with Crippen LogP contribution in [0.2, 0.25) is 0 Å². The predicted molar refractivity (Wildman–Crippen MR) is 79.4 cm³/mol. The van der Waals surface area contributed by atoms with Crippen molar-refractivity contribution in [2.24, 2.45) is 0 Å². The van der Waals surface area contributed by atoms with Crippen molar-refractivity contribution < 1.29 is 14.6 Å². The second-order valence-electron chi connectivity index (χ2n) is 6.84. The van der Waals surface area contributed by atoms with Crippen molar-refractivity contribution in [3.05, 3.63) is 29.8 Å². The Morgan fingerprint density at radius 1 is 1.24 bits per heavy atom. The number of nitrogens with one attached hydrogen (secondary N) is 1. The Kier molecular flexibility index (Phi) is 3.21. The van der Waals surface area contributed by atoms with E-state index in [0.717, 1.165) is 31.4 Å². The minimum Gasteiger partial charge on any atom is -0.487 e.